The fraction of sp³-hybridized carbons (Fsp3) is 0.316. The molecule has 0 saturated heterocycles. The lowest BCUT2D eigenvalue weighted by Crippen LogP contribution is -2.30. The normalized spacial score (nSPS) is 16.6. The topological polar surface area (TPSA) is 72.5 Å². The third-order valence-electron chi connectivity index (χ3n) is 4.54. The van der Waals surface area contributed by atoms with Gasteiger partial charge in [0.25, 0.3) is 9.05 Å². The molecule has 0 radical (unpaired) electrons. The number of alkyl carbamates (subject to hydrolysis) is 1. The number of fused-ring (bicyclic) bond motifs is 1. The van der Waals surface area contributed by atoms with E-state index in [4.69, 9.17) is 15.4 Å². The Morgan fingerprint density at radius 2 is 1.96 bits per heavy atom. The Labute approximate surface area is 157 Å². The van der Waals surface area contributed by atoms with Crippen molar-refractivity contribution in [3.8, 4) is 0 Å². The summed E-state index contributed by atoms with van der Waals surface area (Å²) in [5, 5.41) is 2.80. The summed E-state index contributed by atoms with van der Waals surface area (Å²) in [6.45, 7) is 0.679. The molecule has 1 N–H and O–H groups in total. The Bertz CT molecular complexity index is 884. The molecule has 2 aromatic rings. The number of hydrogen-bond donors (Lipinski definition) is 1. The van der Waals surface area contributed by atoms with Gasteiger partial charge in [-0.1, -0.05) is 36.4 Å². The zero-order chi connectivity index (χ0) is 18.6. The highest BCUT2D eigenvalue weighted by Gasteiger charge is 2.23. The zero-order valence-electron chi connectivity index (χ0n) is 14.2. The zero-order valence-corrected chi connectivity index (χ0v) is 15.7. The highest BCUT2D eigenvalue weighted by Crippen LogP contribution is 2.33. The van der Waals surface area contributed by atoms with Gasteiger partial charge in [0.15, 0.2) is 0 Å². The van der Waals surface area contributed by atoms with Crippen molar-refractivity contribution in [2.45, 2.75) is 36.7 Å². The van der Waals surface area contributed by atoms with E-state index < -0.39 is 15.1 Å². The van der Waals surface area contributed by atoms with Gasteiger partial charge in [-0.05, 0) is 48.1 Å². The highest BCUT2D eigenvalue weighted by atomic mass is 35.7. The third-order valence-corrected chi connectivity index (χ3v) is 5.89. The van der Waals surface area contributed by atoms with Crippen LogP contribution in [0.25, 0.3) is 0 Å². The van der Waals surface area contributed by atoms with Gasteiger partial charge in [-0.25, -0.2) is 13.2 Å². The molecule has 0 heterocycles. The molecule has 1 aliphatic carbocycles. The standard InChI is InChI=1S/C19H20ClNO4S/c20-26(23,24)17-9-10-18-15(11-17)7-4-8-16(18)12-21-19(22)25-13-14-5-2-1-3-6-14/h1-3,5-6,9-11,16H,4,7-8,12-13H2,(H,21,22)/t16-/m0/s1. The van der Waals surface area contributed by atoms with Crippen molar-refractivity contribution in [3.63, 3.8) is 0 Å². The summed E-state index contributed by atoms with van der Waals surface area (Å²) in [6.07, 6.45) is 2.22. The molecule has 1 atom stereocenters. The number of nitrogens with one attached hydrogen (secondary N) is 1. The van der Waals surface area contributed by atoms with Crippen molar-refractivity contribution in [1.29, 1.82) is 0 Å². The lowest BCUT2D eigenvalue weighted by Gasteiger charge is -2.26. The predicted octanol–water partition coefficient (Wildman–Crippen LogP) is 3.96. The number of benzene rings is 2. The number of carbonyl (C=O) groups is 1. The SMILES string of the molecule is O=C(NC[C@@H]1CCCc2cc(S(=O)(=O)Cl)ccc21)OCc1ccccc1. The number of amides is 1. The molecule has 3 rings (SSSR count). The van der Waals surface area contributed by atoms with Gasteiger partial charge in [-0.15, -0.1) is 0 Å². The van der Waals surface area contributed by atoms with Crippen LogP contribution in [0.15, 0.2) is 53.4 Å². The van der Waals surface area contributed by atoms with Crippen LogP contribution in [0.3, 0.4) is 0 Å². The van der Waals surface area contributed by atoms with E-state index in [1.807, 2.05) is 30.3 Å². The second kappa shape index (κ2) is 8.10. The summed E-state index contributed by atoms with van der Waals surface area (Å²) in [7, 11) is 1.69. The molecule has 5 nitrogen and oxygen atoms in total. The monoisotopic (exact) mass is 393 g/mol. The second-order valence-electron chi connectivity index (χ2n) is 6.33. The van der Waals surface area contributed by atoms with E-state index in [0.717, 1.165) is 36.0 Å². The van der Waals surface area contributed by atoms with Crippen molar-refractivity contribution >= 4 is 25.8 Å². The van der Waals surface area contributed by atoms with E-state index in [-0.39, 0.29) is 17.4 Å². The maximum Gasteiger partial charge on any atom is 0.407 e. The first-order valence-corrected chi connectivity index (χ1v) is 10.8. The number of ether oxygens (including phenoxy) is 1. The Hall–Kier alpha value is -2.05. The Morgan fingerprint density at radius 1 is 1.19 bits per heavy atom. The van der Waals surface area contributed by atoms with E-state index in [0.29, 0.717) is 6.54 Å². The molecule has 1 amide bonds. The average Bonchev–Trinajstić information content (AvgIpc) is 2.64. The minimum Gasteiger partial charge on any atom is -0.445 e. The smallest absolute Gasteiger partial charge is 0.407 e. The summed E-state index contributed by atoms with van der Waals surface area (Å²) >= 11 is 0. The predicted molar refractivity (Wildman–Crippen MR) is 99.8 cm³/mol. The van der Waals surface area contributed by atoms with Gasteiger partial charge in [-0.2, -0.15) is 0 Å². The van der Waals surface area contributed by atoms with E-state index in [1.165, 1.54) is 6.07 Å². The Morgan fingerprint density at radius 3 is 2.69 bits per heavy atom. The van der Waals surface area contributed by atoms with Crippen LogP contribution < -0.4 is 5.32 Å². The summed E-state index contributed by atoms with van der Waals surface area (Å²) in [5.74, 6) is 0.134. The van der Waals surface area contributed by atoms with Crippen molar-refractivity contribution in [2.75, 3.05) is 6.54 Å². The van der Waals surface area contributed by atoms with Gasteiger partial charge >= 0.3 is 6.09 Å². The molecule has 0 unspecified atom stereocenters. The van der Waals surface area contributed by atoms with Crippen LogP contribution in [0.4, 0.5) is 4.79 Å². The molecular formula is C19H20ClNO4S. The minimum atomic E-state index is -3.73. The van der Waals surface area contributed by atoms with Crippen LogP contribution in [-0.2, 0) is 26.8 Å². The van der Waals surface area contributed by atoms with Crippen molar-refractivity contribution in [3.05, 3.63) is 65.2 Å². The fourth-order valence-electron chi connectivity index (χ4n) is 3.24. The molecule has 0 fully saturated rings. The largest absolute Gasteiger partial charge is 0.445 e. The molecule has 0 aromatic heterocycles. The van der Waals surface area contributed by atoms with Gasteiger partial charge < -0.3 is 10.1 Å². The molecule has 0 aliphatic heterocycles. The fourth-order valence-corrected chi connectivity index (χ4v) is 4.04. The van der Waals surface area contributed by atoms with Crippen LogP contribution in [0, 0.1) is 0 Å². The lowest BCUT2D eigenvalue weighted by molar-refractivity contribution is 0.139. The van der Waals surface area contributed by atoms with Crippen LogP contribution in [-0.4, -0.2) is 21.1 Å². The van der Waals surface area contributed by atoms with E-state index in [9.17, 15) is 13.2 Å². The van der Waals surface area contributed by atoms with Crippen LogP contribution in [0.1, 0.15) is 35.4 Å². The summed E-state index contributed by atoms with van der Waals surface area (Å²) in [6, 6.07) is 14.4. The van der Waals surface area contributed by atoms with Crippen molar-refractivity contribution in [2.24, 2.45) is 0 Å². The summed E-state index contributed by atoms with van der Waals surface area (Å²) in [5.41, 5.74) is 2.96. The number of carbonyl (C=O) groups excluding carboxylic acids is 1. The van der Waals surface area contributed by atoms with Gasteiger partial charge in [0.05, 0.1) is 4.90 Å². The molecule has 2 aromatic carbocycles. The molecule has 26 heavy (non-hydrogen) atoms. The van der Waals surface area contributed by atoms with E-state index in [1.54, 1.807) is 12.1 Å². The lowest BCUT2D eigenvalue weighted by atomic mass is 9.83. The number of hydrogen-bond acceptors (Lipinski definition) is 4. The van der Waals surface area contributed by atoms with Gasteiger partial charge in [0.2, 0.25) is 0 Å². The average molecular weight is 394 g/mol. The Balaban J connectivity index is 1.59. The molecule has 138 valence electrons. The van der Waals surface area contributed by atoms with Crippen molar-refractivity contribution in [1.82, 2.24) is 5.32 Å². The van der Waals surface area contributed by atoms with Gasteiger partial charge in [-0.3, -0.25) is 0 Å². The number of halogens is 1. The number of rotatable bonds is 5. The summed E-state index contributed by atoms with van der Waals surface area (Å²) < 4.78 is 28.2. The molecule has 0 spiro atoms. The molecular weight excluding hydrogens is 374 g/mol. The van der Waals surface area contributed by atoms with Crippen LogP contribution in [0.5, 0.6) is 0 Å². The van der Waals surface area contributed by atoms with Crippen LogP contribution >= 0.6 is 10.7 Å². The van der Waals surface area contributed by atoms with E-state index in [2.05, 4.69) is 5.32 Å². The summed E-state index contributed by atoms with van der Waals surface area (Å²) in [4.78, 5) is 12.0. The maximum atomic E-state index is 11.9. The minimum absolute atomic E-state index is 0.119. The van der Waals surface area contributed by atoms with Crippen LogP contribution in [0.2, 0.25) is 0 Å². The third kappa shape index (κ3) is 4.77. The highest BCUT2D eigenvalue weighted by molar-refractivity contribution is 8.13. The van der Waals surface area contributed by atoms with Crippen molar-refractivity contribution < 1.29 is 17.9 Å². The first kappa shape index (κ1) is 18.7. The van der Waals surface area contributed by atoms with E-state index >= 15 is 0 Å². The first-order valence-electron chi connectivity index (χ1n) is 8.45. The van der Waals surface area contributed by atoms with Gasteiger partial charge in [0.1, 0.15) is 6.61 Å². The molecule has 0 saturated carbocycles. The molecule has 1 aliphatic rings. The molecule has 0 bridgehead atoms. The first-order chi connectivity index (χ1) is 12.4. The Kier molecular flexibility index (Phi) is 5.84. The maximum absolute atomic E-state index is 11.9. The number of aryl methyl sites for hydroxylation is 1. The quantitative estimate of drug-likeness (QED) is 0.780. The second-order valence-corrected chi connectivity index (χ2v) is 8.90. The van der Waals surface area contributed by atoms with Gasteiger partial charge in [0, 0.05) is 23.1 Å². The molecule has 7 heteroatoms.